The summed E-state index contributed by atoms with van der Waals surface area (Å²) >= 11 is 14.0. The van der Waals surface area contributed by atoms with Gasteiger partial charge in [-0.25, -0.2) is 0 Å². The lowest BCUT2D eigenvalue weighted by molar-refractivity contribution is -0.118. The number of rotatable bonds is 5. The first-order chi connectivity index (χ1) is 19.0. The van der Waals surface area contributed by atoms with Crippen LogP contribution in [-0.4, -0.2) is 5.78 Å². The summed E-state index contributed by atoms with van der Waals surface area (Å²) in [6, 6.07) is 21.9. The van der Waals surface area contributed by atoms with E-state index in [-0.39, 0.29) is 11.2 Å². The maximum atomic E-state index is 13.9. The zero-order chi connectivity index (χ0) is 28.8. The van der Waals surface area contributed by atoms with E-state index in [1.54, 1.807) is 23.9 Å². The van der Waals surface area contributed by atoms with Crippen molar-refractivity contribution in [3.05, 3.63) is 116 Å². The predicted molar refractivity (Wildman–Crippen MR) is 165 cm³/mol. The van der Waals surface area contributed by atoms with Crippen molar-refractivity contribution in [3.63, 3.8) is 0 Å². The van der Waals surface area contributed by atoms with Gasteiger partial charge in [0.25, 0.3) is 0 Å². The van der Waals surface area contributed by atoms with Crippen LogP contribution in [0.5, 0.6) is 0 Å². The summed E-state index contributed by atoms with van der Waals surface area (Å²) in [5, 5.41) is 11.8. The van der Waals surface area contributed by atoms with Crippen LogP contribution in [0.3, 0.4) is 0 Å². The van der Waals surface area contributed by atoms with Gasteiger partial charge in [0.1, 0.15) is 5.82 Å². The van der Waals surface area contributed by atoms with Crippen molar-refractivity contribution in [1.82, 2.24) is 0 Å². The third-order valence-corrected chi connectivity index (χ3v) is 9.27. The molecule has 1 aliphatic heterocycles. The topological polar surface area (TPSA) is 70.1 Å². The third kappa shape index (κ3) is 5.41. The molecule has 0 saturated heterocycles. The van der Waals surface area contributed by atoms with Gasteiger partial charge in [-0.05, 0) is 96.5 Å². The molecule has 2 aliphatic rings. The lowest BCUT2D eigenvalue weighted by Crippen LogP contribution is -2.42. The summed E-state index contributed by atoms with van der Waals surface area (Å²) in [6.45, 7) is 8.36. The van der Waals surface area contributed by atoms with Gasteiger partial charge in [0.15, 0.2) is 5.78 Å². The van der Waals surface area contributed by atoms with E-state index in [2.05, 4.69) is 39.0 Å². The van der Waals surface area contributed by atoms with Crippen molar-refractivity contribution in [2.24, 2.45) is 11.1 Å². The number of aryl methyl sites for hydroxylation is 2. The number of benzene rings is 3. The first-order valence-corrected chi connectivity index (χ1v) is 14.9. The van der Waals surface area contributed by atoms with Gasteiger partial charge in [-0.3, -0.25) is 9.69 Å². The molecule has 0 bridgehead atoms. The zero-order valence-electron chi connectivity index (χ0n) is 23.0. The standard InChI is InChI=1S/C33H31Cl2N3OS/c1-19-13-20(2)26(14-21(19)18-40-25-11-7-23(35)8-12-25)30-27(17-36)32(37)38(24-9-5-22(34)6-10-24)28-15-33(3,4)16-29(39)31(28)30/h5-14,30H,15-16,18,37H2,1-4H3. The van der Waals surface area contributed by atoms with Crippen LogP contribution in [0.1, 0.15) is 54.9 Å². The first-order valence-electron chi connectivity index (χ1n) is 13.2. The van der Waals surface area contributed by atoms with Crippen molar-refractivity contribution in [2.45, 2.75) is 57.1 Å². The Labute approximate surface area is 250 Å². The number of nitrogens with two attached hydrogens (primary N) is 1. The Morgan fingerprint density at radius 3 is 2.25 bits per heavy atom. The Hall–Kier alpha value is -3.17. The number of nitrogens with zero attached hydrogens (tertiary/aromatic N) is 2. The lowest BCUT2D eigenvalue weighted by Gasteiger charge is -2.44. The van der Waals surface area contributed by atoms with Crippen LogP contribution in [-0.2, 0) is 10.5 Å². The molecule has 1 atom stereocenters. The molecule has 2 N–H and O–H groups in total. The van der Waals surface area contributed by atoms with Gasteiger partial charge >= 0.3 is 0 Å². The number of hydrogen-bond acceptors (Lipinski definition) is 5. The Morgan fingerprint density at radius 2 is 1.62 bits per heavy atom. The largest absolute Gasteiger partial charge is 0.384 e. The molecule has 204 valence electrons. The highest BCUT2D eigenvalue weighted by Crippen LogP contribution is 2.51. The van der Waals surface area contributed by atoms with Crippen LogP contribution < -0.4 is 10.6 Å². The minimum Gasteiger partial charge on any atom is -0.384 e. The third-order valence-electron chi connectivity index (χ3n) is 7.71. The summed E-state index contributed by atoms with van der Waals surface area (Å²) < 4.78 is 0. The highest BCUT2D eigenvalue weighted by molar-refractivity contribution is 7.98. The van der Waals surface area contributed by atoms with E-state index in [9.17, 15) is 10.1 Å². The SMILES string of the molecule is Cc1cc(C)c(C2C(C#N)=C(N)N(c3ccc(Cl)cc3)C3=C2C(=O)CC(C)(C)C3)cc1CSc1ccc(Cl)cc1. The molecule has 40 heavy (non-hydrogen) atoms. The molecule has 3 aromatic carbocycles. The lowest BCUT2D eigenvalue weighted by atomic mass is 9.68. The highest BCUT2D eigenvalue weighted by atomic mass is 35.5. The highest BCUT2D eigenvalue weighted by Gasteiger charge is 2.45. The molecule has 3 aromatic rings. The molecule has 1 heterocycles. The Balaban J connectivity index is 1.65. The normalized spacial score (nSPS) is 18.6. The number of carbonyl (C=O) groups excluding carboxylic acids is 1. The molecule has 0 radical (unpaired) electrons. The number of nitriles is 1. The number of Topliss-reactive ketones (excluding diaryl/α,β-unsaturated/α-hetero) is 1. The van der Waals surface area contributed by atoms with Crippen LogP contribution in [0.25, 0.3) is 0 Å². The summed E-state index contributed by atoms with van der Waals surface area (Å²) in [5.41, 5.74) is 13.6. The second-order valence-electron chi connectivity index (χ2n) is 11.3. The number of hydrogen-bond donors (Lipinski definition) is 1. The van der Waals surface area contributed by atoms with Crippen LogP contribution in [0.2, 0.25) is 10.0 Å². The summed E-state index contributed by atoms with van der Waals surface area (Å²) in [6.07, 6.45) is 1.08. The number of thioether (sulfide) groups is 1. The van der Waals surface area contributed by atoms with E-state index in [0.29, 0.717) is 39.9 Å². The van der Waals surface area contributed by atoms with Gasteiger partial charge in [0.2, 0.25) is 0 Å². The van der Waals surface area contributed by atoms with E-state index in [4.69, 9.17) is 28.9 Å². The molecule has 0 saturated carbocycles. The minimum atomic E-state index is -0.521. The zero-order valence-corrected chi connectivity index (χ0v) is 25.3. The van der Waals surface area contributed by atoms with Gasteiger partial charge in [0, 0.05) is 44.1 Å². The number of halogens is 2. The molecule has 0 spiro atoms. The Kier molecular flexibility index (Phi) is 7.81. The van der Waals surface area contributed by atoms with Crippen LogP contribution >= 0.6 is 35.0 Å². The van der Waals surface area contributed by atoms with Crippen molar-refractivity contribution >= 4 is 46.4 Å². The van der Waals surface area contributed by atoms with Gasteiger partial charge in [-0.2, -0.15) is 5.26 Å². The molecular weight excluding hydrogens is 557 g/mol. The monoisotopic (exact) mass is 587 g/mol. The van der Waals surface area contributed by atoms with Gasteiger partial charge in [-0.1, -0.05) is 49.2 Å². The second-order valence-corrected chi connectivity index (χ2v) is 13.3. The Bertz CT molecular complexity index is 1600. The fourth-order valence-corrected chi connectivity index (χ4v) is 6.99. The van der Waals surface area contributed by atoms with Crippen LogP contribution in [0, 0.1) is 30.6 Å². The quantitative estimate of drug-likeness (QED) is 0.302. The summed E-state index contributed by atoms with van der Waals surface area (Å²) in [7, 11) is 0. The number of allylic oxidation sites excluding steroid dienone is 3. The van der Waals surface area contributed by atoms with E-state index in [1.165, 1.54) is 5.56 Å². The molecule has 1 unspecified atom stereocenters. The number of anilines is 1. The molecule has 0 fully saturated rings. The minimum absolute atomic E-state index is 0.0625. The van der Waals surface area contributed by atoms with E-state index >= 15 is 0 Å². The fourth-order valence-electron chi connectivity index (χ4n) is 5.78. The Morgan fingerprint density at radius 1 is 1.00 bits per heavy atom. The van der Waals surface area contributed by atoms with Gasteiger partial charge < -0.3 is 5.73 Å². The molecule has 0 amide bonds. The van der Waals surface area contributed by atoms with Crippen molar-refractivity contribution < 1.29 is 4.79 Å². The van der Waals surface area contributed by atoms with Crippen LogP contribution in [0.15, 0.2) is 88.2 Å². The van der Waals surface area contributed by atoms with Gasteiger partial charge in [0.05, 0.1) is 17.6 Å². The number of ketones is 1. The van der Waals surface area contributed by atoms with Crippen molar-refractivity contribution in [2.75, 3.05) is 4.90 Å². The molecule has 4 nitrogen and oxygen atoms in total. The average Bonchev–Trinajstić information content (AvgIpc) is 2.89. The van der Waals surface area contributed by atoms with Gasteiger partial charge in [-0.15, -0.1) is 11.8 Å². The summed E-state index contributed by atoms with van der Waals surface area (Å²) in [5.74, 6) is 0.647. The smallest absolute Gasteiger partial charge is 0.162 e. The molecule has 1 aliphatic carbocycles. The fraction of sp³-hybridized carbons (Fsp3) is 0.273. The van der Waals surface area contributed by atoms with E-state index in [0.717, 1.165) is 38.7 Å². The van der Waals surface area contributed by atoms with Crippen LogP contribution in [0.4, 0.5) is 5.69 Å². The molecular formula is C33H31Cl2N3OS. The van der Waals surface area contributed by atoms with E-state index < -0.39 is 5.92 Å². The average molecular weight is 589 g/mol. The summed E-state index contributed by atoms with van der Waals surface area (Å²) in [4.78, 5) is 16.9. The number of carbonyl (C=O) groups is 1. The van der Waals surface area contributed by atoms with Crippen molar-refractivity contribution in [3.8, 4) is 6.07 Å². The molecule has 5 rings (SSSR count). The van der Waals surface area contributed by atoms with E-state index in [1.807, 2.05) is 48.2 Å². The molecule has 7 heteroatoms. The maximum Gasteiger partial charge on any atom is 0.162 e. The predicted octanol–water partition coefficient (Wildman–Crippen LogP) is 8.84. The first kappa shape index (κ1) is 28.4. The second kappa shape index (κ2) is 11.0. The van der Waals surface area contributed by atoms with Crippen molar-refractivity contribution in [1.29, 1.82) is 5.26 Å². The molecule has 0 aromatic heterocycles. The maximum absolute atomic E-state index is 13.9.